The molecule has 1 unspecified atom stereocenters. The van der Waals surface area contributed by atoms with Gasteiger partial charge in [-0.3, -0.25) is 4.79 Å². The summed E-state index contributed by atoms with van der Waals surface area (Å²) in [5, 5.41) is 0. The smallest absolute Gasteiger partial charge is 0.305 e. The second-order valence-electron chi connectivity index (χ2n) is 17.3. The molecule has 2 rings (SSSR count). The fourth-order valence-corrected chi connectivity index (χ4v) is 7.90. The van der Waals surface area contributed by atoms with E-state index in [4.69, 9.17) is 14.2 Å². The first-order chi connectivity index (χ1) is 24.9. The largest absolute Gasteiger partial charge is 0.487 e. The summed E-state index contributed by atoms with van der Waals surface area (Å²) in [7, 11) is 1.47. The zero-order valence-corrected chi connectivity index (χ0v) is 35.8. The lowest BCUT2D eigenvalue weighted by molar-refractivity contribution is -0.140. The van der Waals surface area contributed by atoms with Gasteiger partial charge in [0.25, 0.3) is 0 Å². The van der Waals surface area contributed by atoms with Crippen LogP contribution in [0.2, 0.25) is 0 Å². The zero-order valence-electron chi connectivity index (χ0n) is 35.8. The van der Waals surface area contributed by atoms with E-state index in [9.17, 15) is 4.79 Å². The minimum Gasteiger partial charge on any atom is -0.487 e. The fourth-order valence-electron chi connectivity index (χ4n) is 7.90. The number of hydrogen-bond donors (Lipinski definition) is 0. The molecule has 0 spiro atoms. The van der Waals surface area contributed by atoms with Crippen LogP contribution < -0.4 is 9.47 Å². The van der Waals surface area contributed by atoms with E-state index in [-0.39, 0.29) is 17.7 Å². The van der Waals surface area contributed by atoms with E-state index in [1.807, 2.05) is 0 Å². The van der Waals surface area contributed by atoms with Crippen LogP contribution in [0, 0.1) is 38.5 Å². The van der Waals surface area contributed by atoms with Crippen molar-refractivity contribution in [1.29, 1.82) is 0 Å². The summed E-state index contributed by atoms with van der Waals surface area (Å²) in [6, 6.07) is 0. The molecule has 0 saturated heterocycles. The molecule has 1 aromatic rings. The average Bonchev–Trinajstić information content (AvgIpc) is 3.10. The maximum Gasteiger partial charge on any atom is 0.305 e. The molecule has 0 saturated carbocycles. The van der Waals surface area contributed by atoms with E-state index in [1.165, 1.54) is 100.0 Å². The molecule has 0 radical (unpaired) electrons. The van der Waals surface area contributed by atoms with E-state index in [2.05, 4.69) is 86.6 Å². The molecule has 1 aliphatic rings. The molecule has 1 heterocycles. The van der Waals surface area contributed by atoms with Crippen molar-refractivity contribution in [2.75, 3.05) is 7.11 Å². The predicted molar refractivity (Wildman–Crippen MR) is 224 cm³/mol. The third-order valence-corrected chi connectivity index (χ3v) is 11.8. The molecular formula is C48H82O4. The number of rotatable bonds is 28. The van der Waals surface area contributed by atoms with E-state index in [0.29, 0.717) is 6.42 Å². The van der Waals surface area contributed by atoms with Crippen molar-refractivity contribution in [3.8, 4) is 11.5 Å². The highest BCUT2D eigenvalue weighted by Gasteiger charge is 2.34. The Hall–Kier alpha value is -2.23. The van der Waals surface area contributed by atoms with E-state index >= 15 is 0 Å². The normalized spacial score (nSPS) is 17.8. The molecule has 0 amide bonds. The van der Waals surface area contributed by atoms with E-state index in [1.54, 1.807) is 0 Å². The second-order valence-corrected chi connectivity index (χ2v) is 17.3. The molecule has 4 nitrogen and oxygen atoms in total. The highest BCUT2D eigenvalue weighted by molar-refractivity contribution is 5.69. The van der Waals surface area contributed by atoms with Crippen LogP contribution in [0.15, 0.2) is 24.3 Å². The Morgan fingerprint density at radius 3 is 2.10 bits per heavy atom. The van der Waals surface area contributed by atoms with Gasteiger partial charge in [-0.1, -0.05) is 130 Å². The van der Waals surface area contributed by atoms with Gasteiger partial charge in [0.2, 0.25) is 0 Å². The average molecular weight is 723 g/mol. The number of benzene rings is 1. The summed E-state index contributed by atoms with van der Waals surface area (Å²) in [6.07, 6.45) is 34.8. The van der Waals surface area contributed by atoms with Gasteiger partial charge in [0.1, 0.15) is 23.2 Å². The van der Waals surface area contributed by atoms with Crippen LogP contribution in [0.25, 0.3) is 0 Å². The first-order valence-electron chi connectivity index (χ1n) is 21.8. The molecule has 0 aromatic heterocycles. The summed E-state index contributed by atoms with van der Waals surface area (Å²) >= 11 is 0. The molecule has 4 heteroatoms. The van der Waals surface area contributed by atoms with Crippen LogP contribution in [-0.2, 0) is 16.0 Å². The molecule has 4 atom stereocenters. The highest BCUT2D eigenvalue weighted by atomic mass is 16.5. The lowest BCUT2D eigenvalue weighted by atomic mass is 9.83. The van der Waals surface area contributed by atoms with Crippen molar-refractivity contribution in [2.45, 2.75) is 215 Å². The van der Waals surface area contributed by atoms with Gasteiger partial charge >= 0.3 is 5.97 Å². The molecule has 0 fully saturated rings. The van der Waals surface area contributed by atoms with Crippen LogP contribution in [0.4, 0.5) is 0 Å². The fraction of sp³-hybridized carbons (Fsp3) is 0.771. The van der Waals surface area contributed by atoms with Crippen molar-refractivity contribution in [2.24, 2.45) is 17.8 Å². The molecule has 1 aromatic carbocycles. The highest BCUT2D eigenvalue weighted by Crippen LogP contribution is 2.45. The Bertz CT molecular complexity index is 1200. The molecule has 52 heavy (non-hydrogen) atoms. The number of hydrogen-bond acceptors (Lipinski definition) is 4. The van der Waals surface area contributed by atoms with Crippen LogP contribution in [0.5, 0.6) is 11.5 Å². The van der Waals surface area contributed by atoms with Crippen LogP contribution in [0.1, 0.15) is 199 Å². The van der Waals surface area contributed by atoms with Gasteiger partial charge in [-0.15, -0.1) is 0 Å². The minimum atomic E-state index is -0.106. The number of carbonyl (C=O) groups excluding carboxylic acids is 1. The van der Waals surface area contributed by atoms with E-state index in [0.717, 1.165) is 93.5 Å². The quantitative estimate of drug-likeness (QED) is 0.0491. The third-order valence-electron chi connectivity index (χ3n) is 11.8. The number of fused-ring (bicyclic) bond motifs is 1. The Morgan fingerprint density at radius 2 is 1.42 bits per heavy atom. The zero-order chi connectivity index (χ0) is 38.4. The first-order valence-corrected chi connectivity index (χ1v) is 21.8. The van der Waals surface area contributed by atoms with Crippen molar-refractivity contribution < 1.29 is 19.0 Å². The number of esters is 1. The Labute approximate surface area is 322 Å². The van der Waals surface area contributed by atoms with Crippen molar-refractivity contribution in [1.82, 2.24) is 0 Å². The summed E-state index contributed by atoms with van der Waals surface area (Å²) in [5.41, 5.74) is 4.94. The molecule has 0 aliphatic carbocycles. The second kappa shape index (κ2) is 25.7. The van der Waals surface area contributed by atoms with Crippen molar-refractivity contribution in [3.63, 3.8) is 0 Å². The monoisotopic (exact) mass is 723 g/mol. The summed E-state index contributed by atoms with van der Waals surface area (Å²) in [4.78, 5) is 11.4. The lowest BCUT2D eigenvalue weighted by Crippen LogP contribution is -2.37. The van der Waals surface area contributed by atoms with Gasteiger partial charge in [-0.25, -0.2) is 0 Å². The third kappa shape index (κ3) is 17.7. The first kappa shape index (κ1) is 45.9. The number of allylic oxidation sites excluding steroid dienone is 3. The molecule has 298 valence electrons. The maximum atomic E-state index is 11.4. The van der Waals surface area contributed by atoms with Crippen molar-refractivity contribution in [3.05, 3.63) is 46.6 Å². The van der Waals surface area contributed by atoms with Gasteiger partial charge in [-0.2, -0.15) is 0 Å². The number of ether oxygens (including phenoxy) is 3. The standard InChI is InChI=1S/C48H82O4/c1-11-12-13-14-15-17-20-31-43(32-21-18-16-19-22-33-45(49)50-10)51-46-40(6)41(7)47-44(42(46)8)34-36-48(9,52-47)35-25-30-39(5)29-24-28-38(4)27-23-26-37(2)3/h15,17,20,31,37-39,43H,11-14,16,18-19,21-30,32-36H2,1-10H3/b17-15+,31-20+/t38-,39-,43?,48-/m1/s1. The summed E-state index contributed by atoms with van der Waals surface area (Å²) in [6.45, 7) is 20.9. The minimum absolute atomic E-state index is 0.0232. The summed E-state index contributed by atoms with van der Waals surface area (Å²) < 4.78 is 18.7. The van der Waals surface area contributed by atoms with Gasteiger partial charge in [-0.05, 0) is 126 Å². The molecule has 1 aliphatic heterocycles. The van der Waals surface area contributed by atoms with Crippen LogP contribution >= 0.6 is 0 Å². The Morgan fingerprint density at radius 1 is 0.769 bits per heavy atom. The summed E-state index contributed by atoms with van der Waals surface area (Å²) in [5.74, 6) is 4.55. The van der Waals surface area contributed by atoms with Crippen LogP contribution in [-0.4, -0.2) is 24.8 Å². The van der Waals surface area contributed by atoms with Gasteiger partial charge < -0.3 is 14.2 Å². The topological polar surface area (TPSA) is 44.8 Å². The van der Waals surface area contributed by atoms with Gasteiger partial charge in [0, 0.05) is 12.0 Å². The number of methoxy groups -OCH3 is 1. The van der Waals surface area contributed by atoms with Crippen LogP contribution in [0.3, 0.4) is 0 Å². The number of carbonyl (C=O) groups is 1. The molecule has 0 N–H and O–H groups in total. The Balaban J connectivity index is 1.99. The molecule has 0 bridgehead atoms. The predicted octanol–water partition coefficient (Wildman–Crippen LogP) is 14.5. The van der Waals surface area contributed by atoms with E-state index < -0.39 is 0 Å². The molecular weight excluding hydrogens is 641 g/mol. The lowest BCUT2D eigenvalue weighted by Gasteiger charge is -2.38. The Kier molecular flexibility index (Phi) is 22.7. The van der Waals surface area contributed by atoms with Crippen molar-refractivity contribution >= 4 is 5.97 Å². The SMILES string of the molecule is CCCCC/C=C/C=C/C(CCCCCCCC(=O)OC)Oc1c(C)c(C)c2c(c1C)CC[C@@](C)(CCC[C@H](C)CCC[C@H](C)CCCC(C)C)O2. The maximum absolute atomic E-state index is 11.4. The number of unbranched alkanes of at least 4 members (excludes halogenated alkanes) is 7. The van der Waals surface area contributed by atoms with Gasteiger partial charge in [0.05, 0.1) is 7.11 Å². The van der Waals surface area contributed by atoms with Gasteiger partial charge in [0.15, 0.2) is 0 Å².